The third kappa shape index (κ3) is 5.70. The van der Waals surface area contributed by atoms with Gasteiger partial charge in [0.25, 0.3) is 0 Å². The Morgan fingerprint density at radius 2 is 1.47 bits per heavy atom. The van der Waals surface area contributed by atoms with E-state index < -0.39 is 20.1 Å². The summed E-state index contributed by atoms with van der Waals surface area (Å²) in [5.41, 5.74) is 2.22. The summed E-state index contributed by atoms with van der Waals surface area (Å²) in [5.74, 6) is -0.918. The quantitative estimate of drug-likeness (QED) is 0.385. The molecule has 2 aromatic carbocycles. The maximum absolute atomic E-state index is 13.4. The van der Waals surface area contributed by atoms with Crippen LogP contribution in [0.25, 0.3) is 22.5 Å². The fraction of sp³-hybridized carbons (Fsp3) is 0.333. The van der Waals surface area contributed by atoms with Crippen LogP contribution in [0.1, 0.15) is 5.82 Å². The van der Waals surface area contributed by atoms with Crippen molar-refractivity contribution in [3.63, 3.8) is 0 Å². The summed E-state index contributed by atoms with van der Waals surface area (Å²) >= 11 is 0. The number of alkyl halides is 3. The zero-order chi connectivity index (χ0) is 21.9. The zero-order valence-corrected chi connectivity index (χ0v) is 18.1. The average molecular weight is 436 g/mol. The third-order valence-corrected chi connectivity index (χ3v) is 6.18. The molecule has 3 aromatic rings. The van der Waals surface area contributed by atoms with Crippen molar-refractivity contribution in [1.29, 1.82) is 0 Å². The minimum Gasteiger partial charge on any atom is -0.508 e. The van der Waals surface area contributed by atoms with Gasteiger partial charge in [0.15, 0.2) is 5.82 Å². The van der Waals surface area contributed by atoms with Crippen molar-refractivity contribution in [1.82, 2.24) is 14.8 Å². The van der Waals surface area contributed by atoms with Crippen molar-refractivity contribution in [2.24, 2.45) is 0 Å². The molecule has 1 N–H and O–H groups in total. The van der Waals surface area contributed by atoms with Gasteiger partial charge < -0.3 is 9.84 Å². The number of hydrogen-bond donors (Lipinski definition) is 1. The molecule has 0 fully saturated rings. The van der Waals surface area contributed by atoms with Crippen molar-refractivity contribution in [3.05, 3.63) is 54.4 Å². The van der Waals surface area contributed by atoms with E-state index in [1.165, 1.54) is 0 Å². The summed E-state index contributed by atoms with van der Waals surface area (Å²) in [4.78, 5) is 3.72. The molecule has 0 aliphatic heterocycles. The highest BCUT2D eigenvalue weighted by Gasteiger charge is 2.38. The molecule has 0 radical (unpaired) electrons. The fourth-order valence-electron chi connectivity index (χ4n) is 2.76. The number of hydrogen-bond acceptors (Lipinski definition) is 4. The maximum Gasteiger partial charge on any atom is 0.451 e. The summed E-state index contributed by atoms with van der Waals surface area (Å²) < 4.78 is 46.4. The van der Waals surface area contributed by atoms with Crippen LogP contribution in [0.3, 0.4) is 0 Å². The summed E-state index contributed by atoms with van der Waals surface area (Å²) in [6.45, 7) is 6.62. The lowest BCUT2D eigenvalue weighted by Gasteiger charge is -2.15. The lowest BCUT2D eigenvalue weighted by molar-refractivity contribution is -0.150. The number of ether oxygens (including phenoxy) is 1. The van der Waals surface area contributed by atoms with E-state index in [1.807, 2.05) is 0 Å². The van der Waals surface area contributed by atoms with Gasteiger partial charge >= 0.3 is 6.18 Å². The van der Waals surface area contributed by atoms with Crippen LogP contribution in [0, 0.1) is 0 Å². The Hall–Kier alpha value is -2.65. The Kier molecular flexibility index (Phi) is 6.32. The normalized spacial score (nSPS) is 12.3. The van der Waals surface area contributed by atoms with Gasteiger partial charge in [-0.25, -0.2) is 9.67 Å². The molecule has 0 saturated heterocycles. The molecule has 0 aliphatic carbocycles. The van der Waals surface area contributed by atoms with E-state index in [9.17, 15) is 18.3 Å². The molecule has 30 heavy (non-hydrogen) atoms. The van der Waals surface area contributed by atoms with Crippen LogP contribution in [-0.2, 0) is 17.6 Å². The van der Waals surface area contributed by atoms with Crippen molar-refractivity contribution in [3.8, 4) is 28.3 Å². The highest BCUT2D eigenvalue weighted by atomic mass is 28.3. The average Bonchev–Trinajstić information content (AvgIpc) is 3.10. The highest BCUT2D eigenvalue weighted by Crippen LogP contribution is 2.30. The molecule has 1 heterocycles. The second-order valence-electron chi connectivity index (χ2n) is 8.23. The van der Waals surface area contributed by atoms with Crippen LogP contribution in [-0.4, -0.2) is 34.6 Å². The van der Waals surface area contributed by atoms with Gasteiger partial charge in [-0.05, 0) is 29.3 Å². The zero-order valence-electron chi connectivity index (χ0n) is 17.1. The van der Waals surface area contributed by atoms with Gasteiger partial charge in [0, 0.05) is 20.2 Å². The van der Waals surface area contributed by atoms with Crippen molar-refractivity contribution in [2.75, 3.05) is 6.61 Å². The standard InChI is InChI=1S/C21H24F3N3O2Si/c1-30(2,3)13-12-29-14-27-20(21(22,23)24)25-19(26-27)17-6-4-15(5-7-17)16-8-10-18(28)11-9-16/h4-11,28H,12-14H2,1-3H3. The van der Waals surface area contributed by atoms with Gasteiger partial charge in [-0.1, -0.05) is 56.0 Å². The minimum absolute atomic E-state index is 0.00613. The molecule has 3 rings (SSSR count). The number of phenols is 1. The van der Waals surface area contributed by atoms with Crippen molar-refractivity contribution in [2.45, 2.75) is 38.6 Å². The van der Waals surface area contributed by atoms with E-state index in [0.717, 1.165) is 21.9 Å². The van der Waals surface area contributed by atoms with Gasteiger partial charge in [0.05, 0.1) is 0 Å². The molecular formula is C21H24F3N3O2Si. The van der Waals surface area contributed by atoms with Gasteiger partial charge in [-0.2, -0.15) is 13.2 Å². The number of nitrogens with zero attached hydrogens (tertiary/aromatic N) is 3. The van der Waals surface area contributed by atoms with Gasteiger partial charge in [-0.15, -0.1) is 5.10 Å². The topological polar surface area (TPSA) is 60.2 Å². The molecule has 0 amide bonds. The molecule has 1 aromatic heterocycles. The molecule has 0 saturated carbocycles. The number of benzene rings is 2. The predicted molar refractivity (Wildman–Crippen MR) is 112 cm³/mol. The van der Waals surface area contributed by atoms with Crippen LogP contribution in [0.15, 0.2) is 48.5 Å². The second-order valence-corrected chi connectivity index (χ2v) is 13.8. The van der Waals surface area contributed by atoms with Crippen LogP contribution in [0.4, 0.5) is 13.2 Å². The lowest BCUT2D eigenvalue weighted by atomic mass is 10.0. The second kappa shape index (κ2) is 8.61. The van der Waals surface area contributed by atoms with E-state index in [0.29, 0.717) is 12.2 Å². The Labute approximate surface area is 174 Å². The molecule has 160 valence electrons. The maximum atomic E-state index is 13.4. The Balaban J connectivity index is 1.80. The first-order valence-electron chi connectivity index (χ1n) is 9.52. The smallest absolute Gasteiger partial charge is 0.451 e. The van der Waals surface area contributed by atoms with E-state index in [1.54, 1.807) is 48.5 Å². The van der Waals surface area contributed by atoms with Gasteiger partial charge in [-0.3, -0.25) is 0 Å². The van der Waals surface area contributed by atoms with Crippen LogP contribution in [0.2, 0.25) is 25.7 Å². The molecule has 0 bridgehead atoms. The summed E-state index contributed by atoms with van der Waals surface area (Å²) in [6, 6.07) is 14.4. The highest BCUT2D eigenvalue weighted by molar-refractivity contribution is 6.76. The number of aromatic hydroxyl groups is 1. The minimum atomic E-state index is -4.63. The molecule has 0 aliphatic rings. The van der Waals surface area contributed by atoms with Gasteiger partial charge in [0.2, 0.25) is 5.82 Å². The van der Waals surface area contributed by atoms with E-state index in [2.05, 4.69) is 29.7 Å². The monoisotopic (exact) mass is 435 g/mol. The summed E-state index contributed by atoms with van der Waals surface area (Å²) in [7, 11) is -1.34. The fourth-order valence-corrected chi connectivity index (χ4v) is 3.52. The van der Waals surface area contributed by atoms with E-state index in [-0.39, 0.29) is 18.3 Å². The summed E-state index contributed by atoms with van der Waals surface area (Å²) in [6.07, 6.45) is -4.63. The first-order chi connectivity index (χ1) is 14.0. The first kappa shape index (κ1) is 22.0. The third-order valence-electron chi connectivity index (χ3n) is 4.48. The Morgan fingerprint density at radius 3 is 2.00 bits per heavy atom. The van der Waals surface area contributed by atoms with Crippen molar-refractivity contribution < 1.29 is 23.0 Å². The first-order valence-corrected chi connectivity index (χ1v) is 13.2. The van der Waals surface area contributed by atoms with Crippen molar-refractivity contribution >= 4 is 8.07 Å². The Morgan fingerprint density at radius 1 is 0.933 bits per heavy atom. The molecule has 0 atom stereocenters. The van der Waals surface area contributed by atoms with Crippen LogP contribution in [0.5, 0.6) is 5.75 Å². The lowest BCUT2D eigenvalue weighted by Crippen LogP contribution is -2.23. The molecule has 9 heteroatoms. The number of aromatic nitrogens is 3. The summed E-state index contributed by atoms with van der Waals surface area (Å²) in [5, 5.41) is 13.4. The SMILES string of the molecule is C[Si](C)(C)CCOCn1nc(-c2ccc(-c3ccc(O)cc3)cc2)nc1C(F)(F)F. The molecular weight excluding hydrogens is 411 g/mol. The molecule has 0 unspecified atom stereocenters. The molecule has 5 nitrogen and oxygen atoms in total. The van der Waals surface area contributed by atoms with Crippen LogP contribution >= 0.6 is 0 Å². The Bertz CT molecular complexity index is 979. The molecule has 0 spiro atoms. The van der Waals surface area contributed by atoms with Crippen LogP contribution < -0.4 is 0 Å². The number of phenolic OH excluding ortho intramolecular Hbond substituents is 1. The number of rotatable bonds is 7. The largest absolute Gasteiger partial charge is 0.508 e. The van der Waals surface area contributed by atoms with E-state index >= 15 is 0 Å². The van der Waals surface area contributed by atoms with E-state index in [4.69, 9.17) is 4.74 Å². The van der Waals surface area contributed by atoms with Gasteiger partial charge in [0.1, 0.15) is 12.5 Å². The number of halogens is 3. The predicted octanol–water partition coefficient (Wildman–Crippen LogP) is 5.65.